The standard InChI is InChI=1S/C24H20F4N4O3S2/c1-2-37(21-4-3-9-36-21)31-23(35)30-16-6-8-19(18(25)12-16)32-20(33)11-14-10-15(29-13-24(26,27)28)5-7-17(14)22(32)34/h2-10,12,29H,11,13H2,1H3,(H2,30,31,35). The van der Waals surface area contributed by atoms with Gasteiger partial charge in [0, 0.05) is 16.9 Å². The molecule has 13 heteroatoms. The van der Waals surface area contributed by atoms with Gasteiger partial charge in [-0.1, -0.05) is 16.7 Å². The predicted octanol–water partition coefficient (Wildman–Crippen LogP) is 5.78. The molecule has 0 aliphatic carbocycles. The molecular weight excluding hydrogens is 532 g/mol. The first kappa shape index (κ1) is 26.4. The number of amides is 4. The van der Waals surface area contributed by atoms with Crippen LogP contribution in [0, 0.1) is 5.82 Å². The van der Waals surface area contributed by atoms with Crippen molar-refractivity contribution in [2.75, 3.05) is 22.1 Å². The molecule has 0 saturated carbocycles. The van der Waals surface area contributed by atoms with Gasteiger partial charge in [-0.05, 0) is 65.7 Å². The molecule has 0 spiro atoms. The second-order valence-electron chi connectivity index (χ2n) is 7.78. The molecule has 2 heterocycles. The summed E-state index contributed by atoms with van der Waals surface area (Å²) in [5, 5.41) is 8.45. The quantitative estimate of drug-likeness (QED) is 0.206. The smallest absolute Gasteiger partial charge is 0.376 e. The maximum absolute atomic E-state index is 15.0. The summed E-state index contributed by atoms with van der Waals surface area (Å²) in [4.78, 5) is 38.8. The van der Waals surface area contributed by atoms with E-state index in [1.54, 1.807) is 0 Å². The number of alkyl halides is 3. The number of thiophene rings is 1. The van der Waals surface area contributed by atoms with Crippen molar-refractivity contribution in [2.24, 2.45) is 0 Å². The van der Waals surface area contributed by atoms with E-state index >= 15 is 0 Å². The zero-order valence-corrected chi connectivity index (χ0v) is 20.8. The fraction of sp³-hybridized carbons (Fsp3) is 0.167. The first-order valence-corrected chi connectivity index (χ1v) is 13.0. The fourth-order valence-electron chi connectivity index (χ4n) is 3.62. The van der Waals surface area contributed by atoms with E-state index in [1.807, 2.05) is 29.8 Å². The first-order chi connectivity index (χ1) is 17.6. The number of urea groups is 1. The number of hydrogen-bond donors (Lipinski definition) is 3. The second-order valence-corrected chi connectivity index (χ2v) is 10.8. The number of halogens is 4. The molecule has 4 rings (SSSR count). The molecule has 7 nitrogen and oxygen atoms in total. The monoisotopic (exact) mass is 552 g/mol. The number of nitrogens with one attached hydrogen (secondary N) is 3. The van der Waals surface area contributed by atoms with Crippen LogP contribution in [0.3, 0.4) is 0 Å². The van der Waals surface area contributed by atoms with Gasteiger partial charge in [0.25, 0.3) is 5.91 Å². The summed E-state index contributed by atoms with van der Waals surface area (Å²) in [6.07, 6.45) is -4.73. The van der Waals surface area contributed by atoms with E-state index in [0.717, 1.165) is 10.3 Å². The van der Waals surface area contributed by atoms with Gasteiger partial charge in [-0.2, -0.15) is 13.2 Å². The van der Waals surface area contributed by atoms with Crippen molar-refractivity contribution in [2.45, 2.75) is 23.7 Å². The van der Waals surface area contributed by atoms with Gasteiger partial charge < -0.3 is 10.6 Å². The number of nitrogens with zero attached hydrogens (tertiary/aromatic N) is 1. The highest BCUT2D eigenvalue weighted by atomic mass is 32.2. The van der Waals surface area contributed by atoms with E-state index in [2.05, 4.69) is 15.4 Å². The van der Waals surface area contributed by atoms with Crippen LogP contribution in [-0.2, 0) is 11.2 Å². The zero-order valence-electron chi connectivity index (χ0n) is 19.2. The van der Waals surface area contributed by atoms with Crippen molar-refractivity contribution in [3.8, 4) is 0 Å². The predicted molar refractivity (Wildman–Crippen MR) is 137 cm³/mol. The molecule has 194 valence electrons. The average Bonchev–Trinajstić information content (AvgIpc) is 3.36. The molecule has 0 bridgehead atoms. The Kier molecular flexibility index (Phi) is 7.64. The van der Waals surface area contributed by atoms with Crippen molar-refractivity contribution < 1.29 is 31.9 Å². The van der Waals surface area contributed by atoms with Crippen molar-refractivity contribution in [3.05, 3.63) is 70.9 Å². The topological polar surface area (TPSA) is 90.5 Å². The summed E-state index contributed by atoms with van der Waals surface area (Å²) in [7, 11) is -0.639. The van der Waals surface area contributed by atoms with Crippen LogP contribution < -0.4 is 20.3 Å². The minimum Gasteiger partial charge on any atom is -0.376 e. The lowest BCUT2D eigenvalue weighted by atomic mass is 9.97. The largest absolute Gasteiger partial charge is 0.405 e. The lowest BCUT2D eigenvalue weighted by Gasteiger charge is -2.27. The maximum Gasteiger partial charge on any atom is 0.405 e. The lowest BCUT2D eigenvalue weighted by Crippen LogP contribution is -2.43. The molecule has 0 fully saturated rings. The third-order valence-corrected chi connectivity index (χ3v) is 8.15. The molecule has 1 unspecified atom stereocenters. The Morgan fingerprint density at radius 1 is 1.14 bits per heavy atom. The Balaban J connectivity index is 1.48. The van der Waals surface area contributed by atoms with Gasteiger partial charge in [0.05, 0.1) is 16.3 Å². The average molecular weight is 553 g/mol. The van der Waals surface area contributed by atoms with Gasteiger partial charge in [0.2, 0.25) is 5.91 Å². The van der Waals surface area contributed by atoms with Crippen LogP contribution in [0.1, 0.15) is 22.8 Å². The maximum atomic E-state index is 15.0. The van der Waals surface area contributed by atoms with Crippen molar-refractivity contribution in [1.82, 2.24) is 4.72 Å². The Morgan fingerprint density at radius 3 is 2.54 bits per heavy atom. The SMILES string of the molecule is C/C=S(\NC(=O)Nc1ccc(N2C(=O)Cc3cc(NCC(F)(F)F)ccc3C2=O)c(F)c1)c1cccs1. The number of benzene rings is 2. The molecule has 3 N–H and O–H groups in total. The van der Waals surface area contributed by atoms with Gasteiger partial charge in [0.1, 0.15) is 12.4 Å². The lowest BCUT2D eigenvalue weighted by molar-refractivity contribution is -0.118. The Bertz CT molecular complexity index is 1390. The second kappa shape index (κ2) is 10.7. The fourth-order valence-corrected chi connectivity index (χ4v) is 5.99. The van der Waals surface area contributed by atoms with E-state index in [-0.39, 0.29) is 34.6 Å². The highest BCUT2D eigenvalue weighted by Gasteiger charge is 2.34. The third-order valence-electron chi connectivity index (χ3n) is 5.22. The summed E-state index contributed by atoms with van der Waals surface area (Å²) in [6.45, 7) is 0.539. The summed E-state index contributed by atoms with van der Waals surface area (Å²) >= 11 is 1.48. The molecule has 1 atom stereocenters. The first-order valence-electron chi connectivity index (χ1n) is 10.8. The van der Waals surface area contributed by atoms with Gasteiger partial charge in [-0.15, -0.1) is 11.3 Å². The van der Waals surface area contributed by atoms with Crippen LogP contribution in [0.2, 0.25) is 0 Å². The van der Waals surface area contributed by atoms with E-state index in [0.29, 0.717) is 4.90 Å². The van der Waals surface area contributed by atoms with E-state index in [4.69, 9.17) is 0 Å². The molecule has 1 aliphatic rings. The Labute approximate surface area is 215 Å². The molecule has 2 aromatic carbocycles. The molecule has 37 heavy (non-hydrogen) atoms. The zero-order chi connectivity index (χ0) is 26.7. The summed E-state index contributed by atoms with van der Waals surface area (Å²) in [5.74, 6) is -2.45. The van der Waals surface area contributed by atoms with Gasteiger partial charge in [0.15, 0.2) is 0 Å². The van der Waals surface area contributed by atoms with E-state index < -0.39 is 47.1 Å². The summed E-state index contributed by atoms with van der Waals surface area (Å²) in [5.41, 5.74) is 0.234. The van der Waals surface area contributed by atoms with Crippen LogP contribution in [0.4, 0.5) is 39.4 Å². The van der Waals surface area contributed by atoms with Gasteiger partial charge in [-0.3, -0.25) is 14.3 Å². The molecular formula is C24H20F4N4O3S2. The molecule has 4 amide bonds. The summed E-state index contributed by atoms with van der Waals surface area (Å²) in [6, 6.07) is 10.6. The molecule has 1 aromatic heterocycles. The van der Waals surface area contributed by atoms with Gasteiger partial charge in [-0.25, -0.2) is 14.1 Å². The molecule has 1 aliphatic heterocycles. The Morgan fingerprint density at radius 2 is 1.89 bits per heavy atom. The molecule has 0 radical (unpaired) electrons. The normalized spacial score (nSPS) is 14.4. The number of carbonyl (C=O) groups excluding carboxylic acids is 3. The molecule has 0 saturated heterocycles. The number of fused-ring (bicyclic) bond motifs is 1. The minimum atomic E-state index is -4.43. The number of hydrogen-bond acceptors (Lipinski definition) is 5. The van der Waals surface area contributed by atoms with E-state index in [9.17, 15) is 31.9 Å². The number of imide groups is 1. The minimum absolute atomic E-state index is 0.0783. The van der Waals surface area contributed by atoms with Crippen LogP contribution in [0.5, 0.6) is 0 Å². The number of carbonyl (C=O) groups is 3. The van der Waals surface area contributed by atoms with Crippen LogP contribution in [0.15, 0.2) is 58.1 Å². The molecule has 3 aromatic rings. The number of rotatable bonds is 6. The van der Waals surface area contributed by atoms with Crippen LogP contribution >= 0.6 is 22.0 Å². The van der Waals surface area contributed by atoms with Crippen molar-refractivity contribution in [1.29, 1.82) is 0 Å². The van der Waals surface area contributed by atoms with Crippen molar-refractivity contribution >= 4 is 62.3 Å². The van der Waals surface area contributed by atoms with E-state index in [1.165, 1.54) is 41.7 Å². The summed E-state index contributed by atoms with van der Waals surface area (Å²) < 4.78 is 56.1. The highest BCUT2D eigenvalue weighted by Crippen LogP contribution is 2.31. The van der Waals surface area contributed by atoms with Crippen LogP contribution in [-0.4, -0.2) is 35.9 Å². The van der Waals surface area contributed by atoms with Crippen LogP contribution in [0.25, 0.3) is 0 Å². The van der Waals surface area contributed by atoms with Crippen molar-refractivity contribution in [3.63, 3.8) is 0 Å². The Hall–Kier alpha value is -3.71. The van der Waals surface area contributed by atoms with Gasteiger partial charge >= 0.3 is 12.2 Å². The number of anilines is 3. The third kappa shape index (κ3) is 6.17. The highest BCUT2D eigenvalue weighted by molar-refractivity contribution is 8.15.